The first-order valence-electron chi connectivity index (χ1n) is 13.8. The van der Waals surface area contributed by atoms with E-state index in [-0.39, 0.29) is 17.7 Å². The van der Waals surface area contributed by atoms with Crippen LogP contribution in [0.25, 0.3) is 17.1 Å². The molecule has 2 aromatic carbocycles. The molecule has 39 heavy (non-hydrogen) atoms. The van der Waals surface area contributed by atoms with Crippen molar-refractivity contribution in [3.8, 4) is 22.8 Å². The summed E-state index contributed by atoms with van der Waals surface area (Å²) in [6.07, 6.45) is 7.04. The van der Waals surface area contributed by atoms with E-state index < -0.39 is 0 Å². The van der Waals surface area contributed by atoms with Crippen molar-refractivity contribution < 1.29 is 9.13 Å². The van der Waals surface area contributed by atoms with Crippen LogP contribution in [-0.4, -0.2) is 44.7 Å². The number of aromatic nitrogens is 5. The highest BCUT2D eigenvalue weighted by Gasteiger charge is 2.32. The quantitative estimate of drug-likeness (QED) is 0.376. The number of nitrogens with two attached hydrogens (primary N) is 1. The molecule has 1 saturated carbocycles. The van der Waals surface area contributed by atoms with Crippen LogP contribution in [0.15, 0.2) is 48.5 Å². The summed E-state index contributed by atoms with van der Waals surface area (Å²) >= 11 is 0. The molecule has 1 saturated heterocycles. The number of para-hydroxylation sites is 1. The van der Waals surface area contributed by atoms with Gasteiger partial charge in [-0.25, -0.2) is 4.39 Å². The van der Waals surface area contributed by atoms with Gasteiger partial charge in [-0.3, -0.25) is 0 Å². The number of ether oxygens (including phenoxy) is 1. The maximum atomic E-state index is 15.2. The zero-order chi connectivity index (χ0) is 26.3. The Bertz CT molecular complexity index is 1520. The average molecular weight is 527 g/mol. The predicted octanol–water partition coefficient (Wildman–Crippen LogP) is 5.14. The standard InChI is InChI=1S/C29H31FN8O/c30-23-16-21(9-10-24(23)37-13-11-18-5-1-2-6-20(18)17-37)32-29-33-28(31)38(36-29)26-15-19-12-14-39-25-8-4-3-7-22(25)27(19)35-34-26/h3-4,7-10,15-16,18,20H,1-2,5-6,11-14,17H2,(H3,31,32,33,36)/t18-,20-/m1/s1. The average Bonchev–Trinajstić information content (AvgIpc) is 3.21. The van der Waals surface area contributed by atoms with Crippen LogP contribution in [0.4, 0.5) is 27.7 Å². The molecule has 200 valence electrons. The Morgan fingerprint density at radius 3 is 2.77 bits per heavy atom. The summed E-state index contributed by atoms with van der Waals surface area (Å²) in [5, 5.41) is 16.4. The molecular weight excluding hydrogens is 495 g/mol. The topological polar surface area (TPSA) is 107 Å². The molecule has 0 amide bonds. The van der Waals surface area contributed by atoms with E-state index >= 15 is 4.39 Å². The molecule has 0 unspecified atom stereocenters. The Kier molecular flexibility index (Phi) is 6.02. The van der Waals surface area contributed by atoms with Crippen molar-refractivity contribution >= 4 is 23.3 Å². The highest BCUT2D eigenvalue weighted by molar-refractivity contribution is 5.71. The minimum Gasteiger partial charge on any atom is -0.493 e. The van der Waals surface area contributed by atoms with Crippen LogP contribution in [0.1, 0.15) is 37.7 Å². The lowest BCUT2D eigenvalue weighted by Gasteiger charge is -2.42. The number of fused-ring (bicyclic) bond motifs is 4. The number of hydrogen-bond donors (Lipinski definition) is 2. The molecule has 2 aromatic heterocycles. The van der Waals surface area contributed by atoms with Gasteiger partial charge in [0.2, 0.25) is 11.9 Å². The van der Waals surface area contributed by atoms with Gasteiger partial charge in [-0.1, -0.05) is 31.4 Å². The zero-order valence-corrected chi connectivity index (χ0v) is 21.7. The molecule has 3 aliphatic rings. The minimum absolute atomic E-state index is 0.157. The first-order valence-corrected chi connectivity index (χ1v) is 13.8. The van der Waals surface area contributed by atoms with Crippen molar-refractivity contribution in [2.24, 2.45) is 11.8 Å². The lowest BCUT2D eigenvalue weighted by Crippen LogP contribution is -2.42. The van der Waals surface area contributed by atoms with Gasteiger partial charge in [0.1, 0.15) is 17.3 Å². The molecule has 1 aliphatic carbocycles. The highest BCUT2D eigenvalue weighted by atomic mass is 19.1. The van der Waals surface area contributed by atoms with E-state index in [4.69, 9.17) is 10.5 Å². The second kappa shape index (κ2) is 9.83. The Balaban J connectivity index is 1.10. The van der Waals surface area contributed by atoms with Gasteiger partial charge < -0.3 is 20.7 Å². The van der Waals surface area contributed by atoms with Gasteiger partial charge >= 0.3 is 0 Å². The molecule has 3 N–H and O–H groups in total. The van der Waals surface area contributed by atoms with Gasteiger partial charge in [0.05, 0.1) is 12.3 Å². The summed E-state index contributed by atoms with van der Waals surface area (Å²) in [5.41, 5.74) is 10.1. The van der Waals surface area contributed by atoms with Crippen LogP contribution in [-0.2, 0) is 6.42 Å². The molecule has 9 nitrogen and oxygen atoms in total. The van der Waals surface area contributed by atoms with Crippen molar-refractivity contribution in [3.63, 3.8) is 0 Å². The summed E-state index contributed by atoms with van der Waals surface area (Å²) in [5.74, 6) is 2.90. The Morgan fingerprint density at radius 2 is 1.87 bits per heavy atom. The molecule has 7 rings (SSSR count). The van der Waals surface area contributed by atoms with Crippen molar-refractivity contribution in [3.05, 3.63) is 59.9 Å². The predicted molar refractivity (Wildman–Crippen MR) is 148 cm³/mol. The van der Waals surface area contributed by atoms with Crippen LogP contribution in [0.5, 0.6) is 5.75 Å². The van der Waals surface area contributed by atoms with Gasteiger partial charge in [0.25, 0.3) is 0 Å². The second-order valence-corrected chi connectivity index (χ2v) is 10.7. The van der Waals surface area contributed by atoms with Crippen molar-refractivity contribution in [2.45, 2.75) is 38.5 Å². The van der Waals surface area contributed by atoms with E-state index in [1.165, 1.54) is 36.4 Å². The molecule has 4 heterocycles. The molecule has 0 radical (unpaired) electrons. The lowest BCUT2D eigenvalue weighted by molar-refractivity contribution is 0.202. The van der Waals surface area contributed by atoms with E-state index in [9.17, 15) is 0 Å². The van der Waals surface area contributed by atoms with Crippen LogP contribution >= 0.6 is 0 Å². The molecule has 10 heteroatoms. The number of hydrogen-bond acceptors (Lipinski definition) is 8. The lowest BCUT2D eigenvalue weighted by atomic mass is 9.75. The summed E-state index contributed by atoms with van der Waals surface area (Å²) in [6, 6.07) is 14.9. The van der Waals surface area contributed by atoms with E-state index in [2.05, 4.69) is 30.5 Å². The maximum absolute atomic E-state index is 15.2. The van der Waals surface area contributed by atoms with E-state index in [0.29, 0.717) is 36.1 Å². The van der Waals surface area contributed by atoms with Gasteiger partial charge in [0, 0.05) is 30.8 Å². The minimum atomic E-state index is -0.249. The molecule has 4 aromatic rings. The summed E-state index contributed by atoms with van der Waals surface area (Å²) in [4.78, 5) is 6.53. The Morgan fingerprint density at radius 1 is 1.00 bits per heavy atom. The normalized spacial score (nSPS) is 20.3. The fourth-order valence-electron chi connectivity index (χ4n) is 6.33. The van der Waals surface area contributed by atoms with Crippen LogP contribution < -0.4 is 20.7 Å². The van der Waals surface area contributed by atoms with Crippen molar-refractivity contribution in [2.75, 3.05) is 35.6 Å². The second-order valence-electron chi connectivity index (χ2n) is 10.7. The summed E-state index contributed by atoms with van der Waals surface area (Å²) in [7, 11) is 0. The third kappa shape index (κ3) is 4.53. The monoisotopic (exact) mass is 526 g/mol. The van der Waals surface area contributed by atoms with Gasteiger partial charge in [-0.2, -0.15) is 9.67 Å². The largest absolute Gasteiger partial charge is 0.493 e. The molecule has 0 spiro atoms. The number of piperidine rings is 1. The van der Waals surface area contributed by atoms with Gasteiger partial charge in [-0.05, 0) is 66.6 Å². The molecular formula is C29H31FN8O. The SMILES string of the molecule is Nc1nc(Nc2ccc(N3CC[C@H]4CCCC[C@@H]4C3)c(F)c2)nn1-c1cc2c(nn1)-c1ccccc1OCC2. The summed E-state index contributed by atoms with van der Waals surface area (Å²) < 4.78 is 22.5. The molecule has 2 aliphatic heterocycles. The van der Waals surface area contributed by atoms with Crippen LogP contribution in [0, 0.1) is 17.7 Å². The molecule has 2 atom stereocenters. The van der Waals surface area contributed by atoms with E-state index in [1.807, 2.05) is 42.5 Å². The van der Waals surface area contributed by atoms with Crippen LogP contribution in [0.2, 0.25) is 0 Å². The molecule has 0 bridgehead atoms. The highest BCUT2D eigenvalue weighted by Crippen LogP contribution is 2.38. The van der Waals surface area contributed by atoms with E-state index in [0.717, 1.165) is 48.0 Å². The third-order valence-corrected chi connectivity index (χ3v) is 8.32. The summed E-state index contributed by atoms with van der Waals surface area (Å²) in [6.45, 7) is 2.39. The number of halogens is 1. The Hall–Kier alpha value is -4.21. The fourth-order valence-corrected chi connectivity index (χ4v) is 6.33. The van der Waals surface area contributed by atoms with E-state index in [1.54, 1.807) is 0 Å². The smallest absolute Gasteiger partial charge is 0.248 e. The fraction of sp³-hybridized carbons (Fsp3) is 0.379. The number of benzene rings is 2. The third-order valence-electron chi connectivity index (χ3n) is 8.32. The van der Waals surface area contributed by atoms with Crippen molar-refractivity contribution in [1.29, 1.82) is 0 Å². The number of nitrogen functional groups attached to an aromatic ring is 1. The maximum Gasteiger partial charge on any atom is 0.248 e. The first-order chi connectivity index (χ1) is 19.1. The molecule has 2 fully saturated rings. The van der Waals surface area contributed by atoms with Gasteiger partial charge in [0.15, 0.2) is 5.82 Å². The number of anilines is 4. The number of rotatable bonds is 4. The number of nitrogens with zero attached hydrogens (tertiary/aromatic N) is 6. The number of nitrogens with one attached hydrogen (secondary N) is 1. The van der Waals surface area contributed by atoms with Crippen molar-refractivity contribution in [1.82, 2.24) is 25.0 Å². The zero-order valence-electron chi connectivity index (χ0n) is 21.7. The Labute approximate surface area is 226 Å². The van der Waals surface area contributed by atoms with Crippen LogP contribution in [0.3, 0.4) is 0 Å². The first kappa shape index (κ1) is 23.9. The van der Waals surface area contributed by atoms with Gasteiger partial charge in [-0.15, -0.1) is 15.3 Å².